The third-order valence-corrected chi connectivity index (χ3v) is 2.42. The fourth-order valence-electron chi connectivity index (χ4n) is 1.27. The second kappa shape index (κ2) is 4.79. The van der Waals surface area contributed by atoms with Crippen molar-refractivity contribution >= 4 is 11.9 Å². The van der Waals surface area contributed by atoms with Crippen LogP contribution in [0.15, 0.2) is 28.7 Å². The van der Waals surface area contributed by atoms with E-state index in [1.807, 2.05) is 0 Å². The standard InChI is InChI=1S/C13H14FN3O2/c1-13(2,3)11(18)15-12-17-16-10(19-12)8-4-6-9(14)7-5-8/h4-7H,1-3H3,(H,15,17,18). The average Bonchev–Trinajstić information content (AvgIpc) is 2.77. The van der Waals surface area contributed by atoms with Gasteiger partial charge in [0.05, 0.1) is 0 Å². The molecule has 0 radical (unpaired) electrons. The molecule has 1 N–H and O–H groups in total. The summed E-state index contributed by atoms with van der Waals surface area (Å²) in [6.07, 6.45) is 0. The smallest absolute Gasteiger partial charge is 0.322 e. The number of halogens is 1. The van der Waals surface area contributed by atoms with E-state index >= 15 is 0 Å². The Morgan fingerprint density at radius 1 is 1.21 bits per heavy atom. The third-order valence-electron chi connectivity index (χ3n) is 2.42. The van der Waals surface area contributed by atoms with Crippen LogP contribution in [0.5, 0.6) is 0 Å². The molecule has 5 nitrogen and oxygen atoms in total. The highest BCUT2D eigenvalue weighted by molar-refractivity contribution is 5.92. The molecule has 0 saturated heterocycles. The summed E-state index contributed by atoms with van der Waals surface area (Å²) in [5, 5.41) is 10.1. The SMILES string of the molecule is CC(C)(C)C(=O)Nc1nnc(-c2ccc(F)cc2)o1. The largest absolute Gasteiger partial charge is 0.403 e. The Balaban J connectivity index is 2.16. The van der Waals surface area contributed by atoms with E-state index in [1.165, 1.54) is 24.3 Å². The highest BCUT2D eigenvalue weighted by Gasteiger charge is 2.23. The molecular formula is C13H14FN3O2. The van der Waals surface area contributed by atoms with Gasteiger partial charge in [0.1, 0.15) is 5.82 Å². The van der Waals surface area contributed by atoms with E-state index in [9.17, 15) is 9.18 Å². The Morgan fingerprint density at radius 2 is 1.84 bits per heavy atom. The van der Waals surface area contributed by atoms with Crippen molar-refractivity contribution < 1.29 is 13.6 Å². The molecule has 1 amide bonds. The predicted octanol–water partition coefficient (Wildman–Crippen LogP) is 2.86. The molecule has 6 heteroatoms. The molecule has 0 saturated carbocycles. The zero-order valence-electron chi connectivity index (χ0n) is 10.9. The second-order valence-electron chi connectivity index (χ2n) is 5.12. The zero-order valence-corrected chi connectivity index (χ0v) is 10.9. The minimum atomic E-state index is -0.551. The lowest BCUT2D eigenvalue weighted by Gasteiger charge is -2.15. The molecule has 0 bridgehead atoms. The molecular weight excluding hydrogens is 249 g/mol. The van der Waals surface area contributed by atoms with Gasteiger partial charge in [-0.2, -0.15) is 0 Å². The van der Waals surface area contributed by atoms with Crippen molar-refractivity contribution in [3.05, 3.63) is 30.1 Å². The highest BCUT2D eigenvalue weighted by Crippen LogP contribution is 2.21. The van der Waals surface area contributed by atoms with Gasteiger partial charge in [0.25, 0.3) is 0 Å². The van der Waals surface area contributed by atoms with Gasteiger partial charge in [-0.3, -0.25) is 10.1 Å². The lowest BCUT2D eigenvalue weighted by molar-refractivity contribution is -0.123. The molecule has 1 heterocycles. The van der Waals surface area contributed by atoms with E-state index in [0.29, 0.717) is 5.56 Å². The number of hydrogen-bond donors (Lipinski definition) is 1. The Hall–Kier alpha value is -2.24. The van der Waals surface area contributed by atoms with Crippen molar-refractivity contribution in [3.8, 4) is 11.5 Å². The van der Waals surface area contributed by atoms with Gasteiger partial charge in [-0.25, -0.2) is 4.39 Å². The number of nitrogens with zero attached hydrogens (tertiary/aromatic N) is 2. The average molecular weight is 263 g/mol. The van der Waals surface area contributed by atoms with Crippen LogP contribution in [0.3, 0.4) is 0 Å². The van der Waals surface area contributed by atoms with Gasteiger partial charge in [0.2, 0.25) is 11.8 Å². The zero-order chi connectivity index (χ0) is 14.0. The van der Waals surface area contributed by atoms with Crippen molar-refractivity contribution in [2.75, 3.05) is 5.32 Å². The van der Waals surface area contributed by atoms with E-state index in [2.05, 4.69) is 15.5 Å². The molecule has 2 aromatic rings. The predicted molar refractivity (Wildman–Crippen MR) is 67.8 cm³/mol. The van der Waals surface area contributed by atoms with Gasteiger partial charge in [0.15, 0.2) is 0 Å². The summed E-state index contributed by atoms with van der Waals surface area (Å²) in [6.45, 7) is 5.33. The molecule has 0 aliphatic heterocycles. The summed E-state index contributed by atoms with van der Waals surface area (Å²) in [6, 6.07) is 5.68. The van der Waals surface area contributed by atoms with Gasteiger partial charge in [0, 0.05) is 11.0 Å². The van der Waals surface area contributed by atoms with E-state index in [4.69, 9.17) is 4.42 Å². The Kier molecular flexibility index (Phi) is 3.33. The minimum Gasteiger partial charge on any atom is -0.403 e. The topological polar surface area (TPSA) is 68.0 Å². The van der Waals surface area contributed by atoms with E-state index < -0.39 is 5.41 Å². The van der Waals surface area contributed by atoms with E-state index in [1.54, 1.807) is 20.8 Å². The Bertz CT molecular complexity index is 585. The van der Waals surface area contributed by atoms with E-state index in [0.717, 1.165) is 0 Å². The number of anilines is 1. The number of aromatic nitrogens is 2. The first-order valence-corrected chi connectivity index (χ1v) is 5.77. The van der Waals surface area contributed by atoms with Gasteiger partial charge in [-0.05, 0) is 24.3 Å². The summed E-state index contributed by atoms with van der Waals surface area (Å²) in [7, 11) is 0. The fraction of sp³-hybridized carbons (Fsp3) is 0.308. The van der Waals surface area contributed by atoms with E-state index in [-0.39, 0.29) is 23.6 Å². The molecule has 1 aromatic heterocycles. The number of hydrogen-bond acceptors (Lipinski definition) is 4. The van der Waals surface area contributed by atoms with Crippen molar-refractivity contribution in [2.45, 2.75) is 20.8 Å². The fourth-order valence-corrected chi connectivity index (χ4v) is 1.27. The number of benzene rings is 1. The lowest BCUT2D eigenvalue weighted by atomic mass is 9.96. The van der Waals surface area contributed by atoms with Crippen LogP contribution >= 0.6 is 0 Å². The summed E-state index contributed by atoms with van der Waals surface area (Å²) < 4.78 is 18.1. The first-order chi connectivity index (χ1) is 8.86. The van der Waals surface area contributed by atoms with Crippen LogP contribution < -0.4 is 5.32 Å². The van der Waals surface area contributed by atoms with Crippen LogP contribution in [0, 0.1) is 11.2 Å². The number of carbonyl (C=O) groups excluding carboxylic acids is 1. The Morgan fingerprint density at radius 3 is 2.42 bits per heavy atom. The van der Waals surface area contributed by atoms with Crippen LogP contribution in [-0.4, -0.2) is 16.1 Å². The molecule has 0 fully saturated rings. The molecule has 0 spiro atoms. The monoisotopic (exact) mass is 263 g/mol. The molecule has 0 atom stereocenters. The van der Waals surface area contributed by atoms with Crippen LogP contribution in [0.1, 0.15) is 20.8 Å². The Labute approximate surface area is 109 Å². The minimum absolute atomic E-state index is 0.0271. The summed E-state index contributed by atoms with van der Waals surface area (Å²) in [5.74, 6) is -0.337. The van der Waals surface area contributed by atoms with Crippen molar-refractivity contribution in [3.63, 3.8) is 0 Å². The summed E-state index contributed by atoms with van der Waals surface area (Å²) in [5.41, 5.74) is 0.0370. The van der Waals surface area contributed by atoms with Crippen molar-refractivity contribution in [2.24, 2.45) is 5.41 Å². The molecule has 19 heavy (non-hydrogen) atoms. The molecule has 0 unspecified atom stereocenters. The van der Waals surface area contributed by atoms with Gasteiger partial charge >= 0.3 is 6.01 Å². The number of rotatable bonds is 2. The maximum atomic E-state index is 12.8. The maximum Gasteiger partial charge on any atom is 0.322 e. The van der Waals surface area contributed by atoms with Crippen molar-refractivity contribution in [1.29, 1.82) is 0 Å². The van der Waals surface area contributed by atoms with Gasteiger partial charge in [-0.15, -0.1) is 5.10 Å². The van der Waals surface area contributed by atoms with Crippen molar-refractivity contribution in [1.82, 2.24) is 10.2 Å². The summed E-state index contributed by atoms with van der Waals surface area (Å²) >= 11 is 0. The molecule has 0 aliphatic rings. The molecule has 100 valence electrons. The second-order valence-corrected chi connectivity index (χ2v) is 5.12. The molecule has 2 rings (SSSR count). The number of carbonyl (C=O) groups is 1. The normalized spacial score (nSPS) is 11.4. The molecule has 0 aliphatic carbocycles. The van der Waals surface area contributed by atoms with Gasteiger partial charge < -0.3 is 4.42 Å². The quantitative estimate of drug-likeness (QED) is 0.904. The maximum absolute atomic E-state index is 12.8. The summed E-state index contributed by atoms with van der Waals surface area (Å²) in [4.78, 5) is 11.7. The highest BCUT2D eigenvalue weighted by atomic mass is 19.1. The van der Waals surface area contributed by atoms with Gasteiger partial charge in [-0.1, -0.05) is 25.9 Å². The number of amides is 1. The van der Waals surface area contributed by atoms with Crippen LogP contribution in [0.25, 0.3) is 11.5 Å². The first kappa shape index (κ1) is 13.2. The lowest BCUT2D eigenvalue weighted by Crippen LogP contribution is -2.27. The number of nitrogens with one attached hydrogen (secondary N) is 1. The van der Waals surface area contributed by atoms with Crippen LogP contribution in [0.4, 0.5) is 10.4 Å². The van der Waals surface area contributed by atoms with Crippen LogP contribution in [-0.2, 0) is 4.79 Å². The molecule has 1 aromatic carbocycles. The first-order valence-electron chi connectivity index (χ1n) is 5.77. The van der Waals surface area contributed by atoms with Crippen LogP contribution in [0.2, 0.25) is 0 Å². The third kappa shape index (κ3) is 3.15.